The van der Waals surface area contributed by atoms with Gasteiger partial charge in [0.2, 0.25) is 0 Å². The summed E-state index contributed by atoms with van der Waals surface area (Å²) < 4.78 is 1.96. The van der Waals surface area contributed by atoms with Crippen LogP contribution in [0, 0.1) is 13.8 Å². The highest BCUT2D eigenvalue weighted by Gasteiger charge is 2.14. The minimum Gasteiger partial charge on any atom is -0.314 e. The zero-order chi connectivity index (χ0) is 13.9. The lowest BCUT2D eigenvalue weighted by Gasteiger charge is -2.27. The molecule has 0 saturated carbocycles. The normalized spacial score (nSPS) is 16.5. The Hall–Kier alpha value is -1.72. The number of nitrogens with zero attached hydrogens (tertiary/aromatic N) is 4. The Kier molecular flexibility index (Phi) is 3.80. The molecule has 1 aromatic carbocycles. The fraction of sp³-hybridized carbons (Fsp3) is 0.467. The van der Waals surface area contributed by atoms with Crippen LogP contribution >= 0.6 is 0 Å². The molecular formula is C15H21N5. The van der Waals surface area contributed by atoms with E-state index in [1.54, 1.807) is 0 Å². The van der Waals surface area contributed by atoms with Crippen molar-refractivity contribution in [2.45, 2.75) is 20.4 Å². The predicted molar refractivity (Wildman–Crippen MR) is 79.0 cm³/mol. The first-order chi connectivity index (χ1) is 9.72. The fourth-order valence-electron chi connectivity index (χ4n) is 2.75. The summed E-state index contributed by atoms with van der Waals surface area (Å²) in [6.07, 6.45) is 1.87. The summed E-state index contributed by atoms with van der Waals surface area (Å²) in [6.45, 7) is 9.42. The smallest absolute Gasteiger partial charge is 0.0786 e. The van der Waals surface area contributed by atoms with E-state index in [1.165, 1.54) is 11.1 Å². The van der Waals surface area contributed by atoms with Crippen LogP contribution in [0.1, 0.15) is 16.8 Å². The molecule has 0 aliphatic carbocycles. The molecule has 106 valence electrons. The molecular weight excluding hydrogens is 250 g/mol. The van der Waals surface area contributed by atoms with Gasteiger partial charge in [0.25, 0.3) is 0 Å². The highest BCUT2D eigenvalue weighted by Crippen LogP contribution is 2.15. The summed E-state index contributed by atoms with van der Waals surface area (Å²) in [5.41, 5.74) is 4.76. The number of nitrogens with one attached hydrogen (secondary N) is 1. The van der Waals surface area contributed by atoms with Gasteiger partial charge in [0.1, 0.15) is 0 Å². The number of rotatable bonds is 3. The van der Waals surface area contributed by atoms with Crippen molar-refractivity contribution in [2.24, 2.45) is 0 Å². The van der Waals surface area contributed by atoms with Gasteiger partial charge in [0, 0.05) is 32.7 Å². The molecule has 0 amide bonds. The van der Waals surface area contributed by atoms with E-state index in [9.17, 15) is 0 Å². The van der Waals surface area contributed by atoms with E-state index < -0.39 is 0 Å². The van der Waals surface area contributed by atoms with Gasteiger partial charge in [-0.2, -0.15) is 0 Å². The molecule has 1 saturated heterocycles. The molecule has 0 unspecified atom stereocenters. The van der Waals surface area contributed by atoms with Crippen molar-refractivity contribution in [1.29, 1.82) is 0 Å². The lowest BCUT2D eigenvalue weighted by molar-refractivity contribution is 0.229. The SMILES string of the molecule is Cc1cc(C)cc(-n2nncc2CN2CCNCC2)c1. The quantitative estimate of drug-likeness (QED) is 0.914. The van der Waals surface area contributed by atoms with E-state index in [-0.39, 0.29) is 0 Å². The largest absolute Gasteiger partial charge is 0.314 e. The van der Waals surface area contributed by atoms with E-state index in [1.807, 2.05) is 10.9 Å². The van der Waals surface area contributed by atoms with E-state index in [0.29, 0.717) is 0 Å². The number of benzene rings is 1. The van der Waals surface area contributed by atoms with E-state index in [0.717, 1.165) is 44.1 Å². The minimum absolute atomic E-state index is 0.904. The first-order valence-electron chi connectivity index (χ1n) is 7.14. The lowest BCUT2D eigenvalue weighted by atomic mass is 10.1. The molecule has 2 heterocycles. The maximum atomic E-state index is 4.26. The predicted octanol–water partition coefficient (Wildman–Crippen LogP) is 1.29. The van der Waals surface area contributed by atoms with Gasteiger partial charge in [0.05, 0.1) is 17.6 Å². The zero-order valence-electron chi connectivity index (χ0n) is 12.1. The van der Waals surface area contributed by atoms with Crippen molar-refractivity contribution in [2.75, 3.05) is 26.2 Å². The standard InChI is InChI=1S/C15H21N5/c1-12-7-13(2)9-14(8-12)20-15(10-17-18-20)11-19-5-3-16-4-6-19/h7-10,16H,3-6,11H2,1-2H3. The highest BCUT2D eigenvalue weighted by molar-refractivity contribution is 5.39. The van der Waals surface area contributed by atoms with Crippen LogP contribution in [0.15, 0.2) is 24.4 Å². The third-order valence-corrected chi connectivity index (χ3v) is 3.67. The number of piperazine rings is 1. The van der Waals surface area contributed by atoms with Gasteiger partial charge in [-0.3, -0.25) is 4.90 Å². The van der Waals surface area contributed by atoms with Crippen molar-refractivity contribution in [1.82, 2.24) is 25.2 Å². The van der Waals surface area contributed by atoms with Crippen molar-refractivity contribution in [3.63, 3.8) is 0 Å². The van der Waals surface area contributed by atoms with Crippen LogP contribution in [-0.2, 0) is 6.54 Å². The molecule has 5 nitrogen and oxygen atoms in total. The van der Waals surface area contributed by atoms with Crippen LogP contribution in [0.3, 0.4) is 0 Å². The number of hydrogen-bond acceptors (Lipinski definition) is 4. The molecule has 1 fully saturated rings. The maximum absolute atomic E-state index is 4.26. The monoisotopic (exact) mass is 271 g/mol. The van der Waals surface area contributed by atoms with E-state index in [4.69, 9.17) is 0 Å². The van der Waals surface area contributed by atoms with Crippen LogP contribution in [0.4, 0.5) is 0 Å². The average molecular weight is 271 g/mol. The Balaban J connectivity index is 1.85. The van der Waals surface area contributed by atoms with Crippen molar-refractivity contribution in [3.05, 3.63) is 41.2 Å². The molecule has 1 aromatic heterocycles. The van der Waals surface area contributed by atoms with Crippen LogP contribution in [0.5, 0.6) is 0 Å². The summed E-state index contributed by atoms with van der Waals surface area (Å²) in [6, 6.07) is 6.49. The summed E-state index contributed by atoms with van der Waals surface area (Å²) in [5, 5.41) is 11.7. The van der Waals surface area contributed by atoms with Crippen LogP contribution in [0.2, 0.25) is 0 Å². The van der Waals surface area contributed by atoms with Gasteiger partial charge in [-0.15, -0.1) is 5.10 Å². The number of hydrogen-bond donors (Lipinski definition) is 1. The molecule has 5 heteroatoms. The molecule has 0 spiro atoms. The van der Waals surface area contributed by atoms with Crippen molar-refractivity contribution >= 4 is 0 Å². The van der Waals surface area contributed by atoms with E-state index >= 15 is 0 Å². The van der Waals surface area contributed by atoms with Crippen LogP contribution in [0.25, 0.3) is 5.69 Å². The van der Waals surface area contributed by atoms with Gasteiger partial charge >= 0.3 is 0 Å². The second-order valence-corrected chi connectivity index (χ2v) is 5.51. The van der Waals surface area contributed by atoms with Crippen LogP contribution in [-0.4, -0.2) is 46.1 Å². The molecule has 0 radical (unpaired) electrons. The number of aryl methyl sites for hydroxylation is 2. The van der Waals surface area contributed by atoms with Crippen molar-refractivity contribution < 1.29 is 0 Å². The summed E-state index contributed by atoms with van der Waals surface area (Å²) in [7, 11) is 0. The van der Waals surface area contributed by atoms with Gasteiger partial charge in [-0.05, 0) is 37.1 Å². The third kappa shape index (κ3) is 2.89. The lowest BCUT2D eigenvalue weighted by Crippen LogP contribution is -2.43. The molecule has 1 N–H and O–H groups in total. The summed E-state index contributed by atoms with van der Waals surface area (Å²) in [5.74, 6) is 0. The molecule has 0 bridgehead atoms. The molecule has 20 heavy (non-hydrogen) atoms. The Labute approximate surface area is 119 Å². The van der Waals surface area contributed by atoms with E-state index in [2.05, 4.69) is 52.6 Å². The molecule has 2 aromatic rings. The summed E-state index contributed by atoms with van der Waals surface area (Å²) in [4.78, 5) is 2.44. The minimum atomic E-state index is 0.904. The van der Waals surface area contributed by atoms with Crippen molar-refractivity contribution in [3.8, 4) is 5.69 Å². The Morgan fingerprint density at radius 3 is 2.50 bits per heavy atom. The first-order valence-corrected chi connectivity index (χ1v) is 7.14. The van der Waals surface area contributed by atoms with Gasteiger partial charge < -0.3 is 5.32 Å². The second kappa shape index (κ2) is 5.73. The van der Waals surface area contributed by atoms with Gasteiger partial charge in [-0.1, -0.05) is 11.3 Å². The molecule has 0 atom stereocenters. The second-order valence-electron chi connectivity index (χ2n) is 5.51. The maximum Gasteiger partial charge on any atom is 0.0786 e. The Morgan fingerprint density at radius 2 is 1.80 bits per heavy atom. The average Bonchev–Trinajstić information content (AvgIpc) is 2.87. The fourth-order valence-corrected chi connectivity index (χ4v) is 2.75. The topological polar surface area (TPSA) is 46.0 Å². The Bertz CT molecular complexity index is 563. The zero-order valence-corrected chi connectivity index (χ0v) is 12.1. The summed E-state index contributed by atoms with van der Waals surface area (Å²) >= 11 is 0. The van der Waals surface area contributed by atoms with Gasteiger partial charge in [-0.25, -0.2) is 4.68 Å². The molecule has 3 rings (SSSR count). The van der Waals surface area contributed by atoms with Gasteiger partial charge in [0.15, 0.2) is 0 Å². The number of aromatic nitrogens is 3. The Morgan fingerprint density at radius 1 is 1.10 bits per heavy atom. The highest BCUT2D eigenvalue weighted by atomic mass is 15.4. The first kappa shape index (κ1) is 13.3. The molecule has 1 aliphatic rings. The van der Waals surface area contributed by atoms with Crippen LogP contribution < -0.4 is 5.32 Å². The third-order valence-electron chi connectivity index (χ3n) is 3.67. The molecule has 1 aliphatic heterocycles.